The lowest BCUT2D eigenvalue weighted by molar-refractivity contribution is 0.168. The molecule has 1 rings (SSSR count). The first-order valence-corrected chi connectivity index (χ1v) is 4.49. The topological polar surface area (TPSA) is 71.2 Å². The molecule has 0 fully saturated rings. The van der Waals surface area contributed by atoms with Crippen molar-refractivity contribution in [2.45, 2.75) is 19.1 Å². The van der Waals surface area contributed by atoms with Crippen molar-refractivity contribution < 1.29 is 13.9 Å². The van der Waals surface area contributed by atoms with Crippen LogP contribution in [0.1, 0.15) is 6.92 Å². The van der Waals surface area contributed by atoms with Gasteiger partial charge in [0.15, 0.2) is 11.6 Å². The molecule has 2 atom stereocenters. The van der Waals surface area contributed by atoms with Gasteiger partial charge in [-0.15, -0.1) is 0 Å². The van der Waals surface area contributed by atoms with Crippen molar-refractivity contribution in [2.75, 3.05) is 11.9 Å². The number of aromatic nitrogens is 1. The molecule has 0 aliphatic rings. The molecule has 6 heteroatoms. The number of anilines is 1. The first-order chi connectivity index (χ1) is 7.00. The third-order valence-corrected chi connectivity index (χ3v) is 1.93. The zero-order chi connectivity index (χ0) is 11.4. The van der Waals surface area contributed by atoms with E-state index in [1.54, 1.807) is 0 Å². The van der Waals surface area contributed by atoms with Crippen LogP contribution in [0.2, 0.25) is 0 Å². The SMILES string of the molecule is CC(O)C(N)CNc1ncc(F)cc1F. The standard InChI is InChI=1S/C9H13F2N3O/c1-5(15)8(12)4-14-9-7(11)2-6(10)3-13-9/h2-3,5,8,15H,4,12H2,1H3,(H,13,14). The zero-order valence-electron chi connectivity index (χ0n) is 8.24. The van der Waals surface area contributed by atoms with Crippen LogP contribution in [0.3, 0.4) is 0 Å². The smallest absolute Gasteiger partial charge is 0.168 e. The molecule has 4 N–H and O–H groups in total. The molecule has 0 saturated heterocycles. The van der Waals surface area contributed by atoms with Gasteiger partial charge < -0.3 is 16.2 Å². The van der Waals surface area contributed by atoms with E-state index in [9.17, 15) is 8.78 Å². The second-order valence-electron chi connectivity index (χ2n) is 3.27. The van der Waals surface area contributed by atoms with E-state index in [1.165, 1.54) is 6.92 Å². The van der Waals surface area contributed by atoms with Crippen LogP contribution in [0.15, 0.2) is 12.3 Å². The van der Waals surface area contributed by atoms with E-state index in [-0.39, 0.29) is 12.4 Å². The molecule has 1 heterocycles. The molecule has 0 bridgehead atoms. The first kappa shape index (κ1) is 11.8. The lowest BCUT2D eigenvalue weighted by Gasteiger charge is -2.15. The van der Waals surface area contributed by atoms with E-state index in [1.807, 2.05) is 0 Å². The molecular formula is C9H13F2N3O. The van der Waals surface area contributed by atoms with Crippen LogP contribution in [-0.4, -0.2) is 28.8 Å². The number of nitrogens with one attached hydrogen (secondary N) is 1. The van der Waals surface area contributed by atoms with Crippen LogP contribution >= 0.6 is 0 Å². The van der Waals surface area contributed by atoms with Crippen LogP contribution in [0.4, 0.5) is 14.6 Å². The molecule has 0 radical (unpaired) electrons. The summed E-state index contributed by atoms with van der Waals surface area (Å²) in [6.45, 7) is 1.69. The average molecular weight is 217 g/mol. The van der Waals surface area contributed by atoms with Crippen LogP contribution in [-0.2, 0) is 0 Å². The van der Waals surface area contributed by atoms with Gasteiger partial charge in [0.1, 0.15) is 5.82 Å². The van der Waals surface area contributed by atoms with E-state index in [2.05, 4.69) is 10.3 Å². The number of nitrogens with two attached hydrogens (primary N) is 1. The van der Waals surface area contributed by atoms with Gasteiger partial charge in [-0.25, -0.2) is 13.8 Å². The number of pyridine rings is 1. The molecule has 0 spiro atoms. The highest BCUT2D eigenvalue weighted by Crippen LogP contribution is 2.10. The largest absolute Gasteiger partial charge is 0.392 e. The Hall–Kier alpha value is -1.27. The Kier molecular flexibility index (Phi) is 3.93. The maximum absolute atomic E-state index is 13.0. The number of halogens is 2. The Bertz CT molecular complexity index is 333. The van der Waals surface area contributed by atoms with Gasteiger partial charge in [-0.3, -0.25) is 0 Å². The molecular weight excluding hydrogens is 204 g/mol. The van der Waals surface area contributed by atoms with Crippen LogP contribution in [0, 0.1) is 11.6 Å². The molecule has 0 amide bonds. The van der Waals surface area contributed by atoms with Gasteiger partial charge in [-0.05, 0) is 6.92 Å². The molecule has 0 aromatic carbocycles. The number of nitrogens with zero attached hydrogens (tertiary/aromatic N) is 1. The maximum atomic E-state index is 13.0. The fraction of sp³-hybridized carbons (Fsp3) is 0.444. The lowest BCUT2D eigenvalue weighted by atomic mass is 10.2. The molecule has 84 valence electrons. The Morgan fingerprint density at radius 1 is 1.60 bits per heavy atom. The summed E-state index contributed by atoms with van der Waals surface area (Å²) >= 11 is 0. The first-order valence-electron chi connectivity index (χ1n) is 4.49. The third kappa shape index (κ3) is 3.41. The maximum Gasteiger partial charge on any atom is 0.168 e. The molecule has 1 aromatic heterocycles. The highest BCUT2D eigenvalue weighted by Gasteiger charge is 2.11. The minimum absolute atomic E-state index is 0.0764. The summed E-state index contributed by atoms with van der Waals surface area (Å²) in [7, 11) is 0. The molecule has 0 aliphatic heterocycles. The summed E-state index contributed by atoms with van der Waals surface area (Å²) in [6, 6.07) is 0.194. The van der Waals surface area contributed by atoms with Crippen molar-refractivity contribution in [2.24, 2.45) is 5.73 Å². The molecule has 1 aromatic rings. The zero-order valence-corrected chi connectivity index (χ0v) is 8.24. The number of hydrogen-bond donors (Lipinski definition) is 3. The Morgan fingerprint density at radius 3 is 2.80 bits per heavy atom. The van der Waals surface area contributed by atoms with Gasteiger partial charge in [0.25, 0.3) is 0 Å². The summed E-state index contributed by atoms with van der Waals surface area (Å²) in [5, 5.41) is 11.7. The van der Waals surface area contributed by atoms with E-state index >= 15 is 0 Å². The van der Waals surface area contributed by atoms with E-state index in [0.29, 0.717) is 0 Å². The average Bonchev–Trinajstić information content (AvgIpc) is 2.15. The Morgan fingerprint density at radius 2 is 2.27 bits per heavy atom. The fourth-order valence-electron chi connectivity index (χ4n) is 0.930. The van der Waals surface area contributed by atoms with Crippen molar-refractivity contribution in [1.29, 1.82) is 0 Å². The van der Waals surface area contributed by atoms with Crippen molar-refractivity contribution in [3.05, 3.63) is 23.9 Å². The minimum atomic E-state index is -0.784. The molecule has 2 unspecified atom stereocenters. The molecule has 0 aliphatic carbocycles. The van der Waals surface area contributed by atoms with Crippen molar-refractivity contribution in [3.8, 4) is 0 Å². The van der Waals surface area contributed by atoms with Gasteiger partial charge in [0.05, 0.1) is 12.3 Å². The molecule has 15 heavy (non-hydrogen) atoms. The summed E-state index contributed by atoms with van der Waals surface area (Å²) in [5.41, 5.74) is 5.51. The number of rotatable bonds is 4. The van der Waals surface area contributed by atoms with Gasteiger partial charge in [0.2, 0.25) is 0 Å². The Balaban J connectivity index is 2.58. The minimum Gasteiger partial charge on any atom is -0.392 e. The molecule has 4 nitrogen and oxygen atoms in total. The number of aliphatic hydroxyl groups excluding tert-OH is 1. The second kappa shape index (κ2) is 4.99. The van der Waals surface area contributed by atoms with Crippen molar-refractivity contribution in [1.82, 2.24) is 4.98 Å². The highest BCUT2D eigenvalue weighted by molar-refractivity contribution is 5.35. The van der Waals surface area contributed by atoms with Gasteiger partial charge >= 0.3 is 0 Å². The summed E-state index contributed by atoms with van der Waals surface area (Å²) in [4.78, 5) is 3.51. The highest BCUT2D eigenvalue weighted by atomic mass is 19.1. The second-order valence-corrected chi connectivity index (χ2v) is 3.27. The number of aliphatic hydroxyl groups is 1. The van der Waals surface area contributed by atoms with Crippen molar-refractivity contribution >= 4 is 5.82 Å². The van der Waals surface area contributed by atoms with Crippen molar-refractivity contribution in [3.63, 3.8) is 0 Å². The summed E-state index contributed by atoms with van der Waals surface area (Å²) in [5.74, 6) is -1.60. The third-order valence-electron chi connectivity index (χ3n) is 1.93. The quantitative estimate of drug-likeness (QED) is 0.686. The summed E-state index contributed by atoms with van der Waals surface area (Å²) in [6.07, 6.45) is 0.195. The van der Waals surface area contributed by atoms with E-state index in [4.69, 9.17) is 10.8 Å². The van der Waals surface area contributed by atoms with Crippen LogP contribution in [0.5, 0.6) is 0 Å². The van der Waals surface area contributed by atoms with E-state index < -0.39 is 23.8 Å². The van der Waals surface area contributed by atoms with Gasteiger partial charge in [-0.1, -0.05) is 0 Å². The van der Waals surface area contributed by atoms with Crippen LogP contribution < -0.4 is 11.1 Å². The predicted octanol–water partition coefficient (Wildman–Crippen LogP) is 0.480. The van der Waals surface area contributed by atoms with Crippen LogP contribution in [0.25, 0.3) is 0 Å². The number of hydrogen-bond acceptors (Lipinski definition) is 4. The molecule has 0 saturated carbocycles. The van der Waals surface area contributed by atoms with E-state index in [0.717, 1.165) is 12.3 Å². The predicted molar refractivity (Wildman–Crippen MR) is 52.3 cm³/mol. The Labute approximate surface area is 86.1 Å². The van der Waals surface area contributed by atoms with Gasteiger partial charge in [0, 0.05) is 18.7 Å². The van der Waals surface area contributed by atoms with Gasteiger partial charge in [-0.2, -0.15) is 0 Å². The monoisotopic (exact) mass is 217 g/mol. The fourth-order valence-corrected chi connectivity index (χ4v) is 0.930. The lowest BCUT2D eigenvalue weighted by Crippen LogP contribution is -2.39. The summed E-state index contributed by atoms with van der Waals surface area (Å²) < 4.78 is 25.5. The normalized spacial score (nSPS) is 14.7.